The molecule has 0 unspecified atom stereocenters. The van der Waals surface area contributed by atoms with Gasteiger partial charge in [0.15, 0.2) is 0 Å². The van der Waals surface area contributed by atoms with Gasteiger partial charge in [-0.3, -0.25) is 4.98 Å². The number of hydrogen-bond acceptors (Lipinski definition) is 4. The minimum absolute atomic E-state index is 0.0246. The minimum Gasteiger partial charge on any atom is -0.506 e. The number of aromatic hydroxyl groups is 1. The van der Waals surface area contributed by atoms with E-state index in [0.29, 0.717) is 22.5 Å². The van der Waals surface area contributed by atoms with Crippen LogP contribution in [0.3, 0.4) is 0 Å². The maximum atomic E-state index is 13.7. The van der Waals surface area contributed by atoms with Crippen LogP contribution in [0.15, 0.2) is 24.4 Å². The number of hydrogen-bond donors (Lipinski definition) is 3. The lowest BCUT2D eigenvalue weighted by atomic mass is 10.1. The third kappa shape index (κ3) is 2.88. The van der Waals surface area contributed by atoms with Gasteiger partial charge in [0.1, 0.15) is 11.6 Å². The molecule has 2 rings (SSSR count). The van der Waals surface area contributed by atoms with Crippen molar-refractivity contribution in [3.05, 3.63) is 52.6 Å². The van der Waals surface area contributed by atoms with Gasteiger partial charge in [-0.1, -0.05) is 6.07 Å². The summed E-state index contributed by atoms with van der Waals surface area (Å²) in [5.41, 5.74) is 2.72. The van der Waals surface area contributed by atoms with Gasteiger partial charge >= 0.3 is 0 Å². The topological polar surface area (TPSA) is 65.4 Å². The molecule has 5 heteroatoms. The molecule has 1 heterocycles. The number of aliphatic hydroxyl groups is 1. The normalized spacial score (nSPS) is 10.6. The Kier molecular flexibility index (Phi) is 4.20. The summed E-state index contributed by atoms with van der Waals surface area (Å²) in [5.74, 6) is -0.322. The van der Waals surface area contributed by atoms with E-state index in [2.05, 4.69) is 10.3 Å². The Morgan fingerprint density at radius 2 is 2.05 bits per heavy atom. The van der Waals surface area contributed by atoms with Crippen molar-refractivity contribution in [2.45, 2.75) is 27.0 Å². The lowest BCUT2D eigenvalue weighted by Crippen LogP contribution is -2.06. The Morgan fingerprint density at radius 3 is 2.70 bits per heavy atom. The lowest BCUT2D eigenvalue weighted by molar-refractivity contribution is 0.279. The summed E-state index contributed by atoms with van der Waals surface area (Å²) in [4.78, 5) is 3.98. The van der Waals surface area contributed by atoms with E-state index in [-0.39, 0.29) is 24.7 Å². The summed E-state index contributed by atoms with van der Waals surface area (Å²) in [6.45, 7) is 3.47. The molecule has 0 radical (unpaired) electrons. The van der Waals surface area contributed by atoms with Gasteiger partial charge < -0.3 is 15.5 Å². The second-order valence-corrected chi connectivity index (χ2v) is 4.69. The van der Waals surface area contributed by atoms with Gasteiger partial charge in [0.05, 0.1) is 18.0 Å². The molecule has 0 aliphatic carbocycles. The molecule has 0 aliphatic heterocycles. The molecule has 1 aromatic heterocycles. The molecule has 0 saturated carbocycles. The van der Waals surface area contributed by atoms with Crippen LogP contribution in [0.4, 0.5) is 10.1 Å². The number of benzene rings is 1. The van der Waals surface area contributed by atoms with Crippen LogP contribution in [0, 0.1) is 19.7 Å². The number of aryl methyl sites for hydroxylation is 2. The number of rotatable bonds is 4. The summed E-state index contributed by atoms with van der Waals surface area (Å²) in [6, 6.07) is 4.89. The van der Waals surface area contributed by atoms with Crippen molar-refractivity contribution in [3.63, 3.8) is 0 Å². The largest absolute Gasteiger partial charge is 0.506 e. The van der Waals surface area contributed by atoms with Gasteiger partial charge in [0.25, 0.3) is 0 Å². The van der Waals surface area contributed by atoms with Crippen LogP contribution >= 0.6 is 0 Å². The van der Waals surface area contributed by atoms with E-state index in [1.807, 2.05) is 6.92 Å². The molecule has 0 fully saturated rings. The Labute approximate surface area is 116 Å². The fourth-order valence-corrected chi connectivity index (χ4v) is 1.96. The van der Waals surface area contributed by atoms with E-state index < -0.39 is 0 Å². The average Bonchev–Trinajstić information content (AvgIpc) is 2.42. The van der Waals surface area contributed by atoms with Crippen LogP contribution in [0.5, 0.6) is 5.75 Å². The zero-order chi connectivity index (χ0) is 14.7. The molecule has 2 aromatic rings. The van der Waals surface area contributed by atoms with Crippen molar-refractivity contribution < 1.29 is 14.6 Å². The van der Waals surface area contributed by atoms with E-state index >= 15 is 0 Å². The van der Waals surface area contributed by atoms with Crippen molar-refractivity contribution in [1.82, 2.24) is 4.98 Å². The van der Waals surface area contributed by atoms with E-state index in [1.165, 1.54) is 12.3 Å². The number of nitrogens with zero attached hydrogens (tertiary/aromatic N) is 1. The smallest absolute Gasteiger partial charge is 0.146 e. The first-order chi connectivity index (χ1) is 9.52. The molecule has 20 heavy (non-hydrogen) atoms. The van der Waals surface area contributed by atoms with Gasteiger partial charge in [-0.2, -0.15) is 0 Å². The highest BCUT2D eigenvalue weighted by Gasteiger charge is 2.12. The van der Waals surface area contributed by atoms with Crippen molar-refractivity contribution in [1.29, 1.82) is 0 Å². The van der Waals surface area contributed by atoms with Crippen molar-refractivity contribution in [3.8, 4) is 5.75 Å². The predicted octanol–water partition coefficient (Wildman–Crippen LogP) is 2.65. The zero-order valence-electron chi connectivity index (χ0n) is 11.4. The third-order valence-electron chi connectivity index (χ3n) is 3.18. The molecule has 0 atom stereocenters. The highest BCUT2D eigenvalue weighted by atomic mass is 19.1. The van der Waals surface area contributed by atoms with Crippen LogP contribution in [-0.4, -0.2) is 15.2 Å². The average molecular weight is 276 g/mol. The molecule has 106 valence electrons. The maximum Gasteiger partial charge on any atom is 0.146 e. The molecule has 0 spiro atoms. The number of halogens is 1. The molecular formula is C15H17FN2O2. The number of aromatic nitrogens is 1. The first-order valence-electron chi connectivity index (χ1n) is 6.30. The highest BCUT2D eigenvalue weighted by Crippen LogP contribution is 2.25. The molecule has 0 amide bonds. The molecule has 1 aromatic carbocycles. The number of pyridine rings is 1. The number of aliphatic hydroxyl groups excluding tert-OH is 1. The van der Waals surface area contributed by atoms with E-state index in [4.69, 9.17) is 0 Å². The number of anilines is 1. The minimum atomic E-state index is -0.346. The Bertz CT molecular complexity index is 630. The summed E-state index contributed by atoms with van der Waals surface area (Å²) < 4.78 is 13.7. The monoisotopic (exact) mass is 276 g/mol. The fraction of sp³-hybridized carbons (Fsp3) is 0.267. The Morgan fingerprint density at radius 1 is 1.30 bits per heavy atom. The van der Waals surface area contributed by atoms with Crippen molar-refractivity contribution in [2.75, 3.05) is 5.32 Å². The molecule has 3 N–H and O–H groups in total. The van der Waals surface area contributed by atoms with Crippen molar-refractivity contribution >= 4 is 5.69 Å². The first-order valence-corrected chi connectivity index (χ1v) is 6.30. The van der Waals surface area contributed by atoms with Gasteiger partial charge in [-0.25, -0.2) is 4.39 Å². The lowest BCUT2D eigenvalue weighted by Gasteiger charge is -2.13. The fourth-order valence-electron chi connectivity index (χ4n) is 1.96. The number of nitrogens with one attached hydrogen (secondary N) is 1. The summed E-state index contributed by atoms with van der Waals surface area (Å²) >= 11 is 0. The van der Waals surface area contributed by atoms with Gasteiger partial charge in [-0.15, -0.1) is 0 Å². The molecule has 0 bridgehead atoms. The zero-order valence-corrected chi connectivity index (χ0v) is 11.4. The first kappa shape index (κ1) is 14.3. The Hall–Kier alpha value is -2.14. The third-order valence-corrected chi connectivity index (χ3v) is 3.18. The van der Waals surface area contributed by atoms with Gasteiger partial charge in [0.2, 0.25) is 0 Å². The summed E-state index contributed by atoms with van der Waals surface area (Å²) in [6.07, 6.45) is 1.51. The molecule has 0 aliphatic rings. The van der Waals surface area contributed by atoms with E-state index in [1.54, 1.807) is 19.1 Å². The van der Waals surface area contributed by atoms with Crippen LogP contribution in [0.2, 0.25) is 0 Å². The van der Waals surface area contributed by atoms with Crippen LogP contribution < -0.4 is 5.32 Å². The van der Waals surface area contributed by atoms with Crippen LogP contribution in [0.25, 0.3) is 0 Å². The second kappa shape index (κ2) is 5.88. The molecular weight excluding hydrogens is 259 g/mol. The van der Waals surface area contributed by atoms with Crippen LogP contribution in [-0.2, 0) is 13.2 Å². The van der Waals surface area contributed by atoms with Gasteiger partial charge in [-0.05, 0) is 31.5 Å². The SMILES string of the molecule is Cc1ccc(NCc2c(CO)cnc(C)c2O)c(F)c1. The molecule has 0 saturated heterocycles. The summed E-state index contributed by atoms with van der Waals surface area (Å²) in [7, 11) is 0. The highest BCUT2D eigenvalue weighted by molar-refractivity contribution is 5.49. The Balaban J connectivity index is 2.24. The maximum absolute atomic E-state index is 13.7. The quantitative estimate of drug-likeness (QED) is 0.803. The van der Waals surface area contributed by atoms with E-state index in [0.717, 1.165) is 5.56 Å². The van der Waals surface area contributed by atoms with Crippen LogP contribution in [0.1, 0.15) is 22.4 Å². The molecule has 4 nitrogen and oxygen atoms in total. The second-order valence-electron chi connectivity index (χ2n) is 4.69. The summed E-state index contributed by atoms with van der Waals surface area (Å²) in [5, 5.41) is 22.2. The predicted molar refractivity (Wildman–Crippen MR) is 75.0 cm³/mol. The van der Waals surface area contributed by atoms with E-state index in [9.17, 15) is 14.6 Å². The van der Waals surface area contributed by atoms with Crippen molar-refractivity contribution in [2.24, 2.45) is 0 Å². The standard InChI is InChI=1S/C15H17FN2O2/c1-9-3-4-14(13(16)5-9)18-7-12-11(8-19)6-17-10(2)15(12)20/h3-6,18-20H,7-8H2,1-2H3. The van der Waals surface area contributed by atoms with Gasteiger partial charge in [0, 0.05) is 23.9 Å².